The van der Waals surface area contributed by atoms with Gasteiger partial charge >= 0.3 is 0 Å². The van der Waals surface area contributed by atoms with Gasteiger partial charge in [0.15, 0.2) is 17.7 Å². The lowest BCUT2D eigenvalue weighted by Crippen LogP contribution is -2.18. The monoisotopic (exact) mass is 254 g/mol. The molecule has 2 rings (SSSR count). The Morgan fingerprint density at radius 3 is 2.78 bits per heavy atom. The Bertz CT molecular complexity index is 542. The maximum Gasteiger partial charge on any atom is 0.224 e. The van der Waals surface area contributed by atoms with Gasteiger partial charge < -0.3 is 26.4 Å². The van der Waals surface area contributed by atoms with Crippen molar-refractivity contribution in [3.8, 4) is 0 Å². The molecule has 0 aliphatic rings. The van der Waals surface area contributed by atoms with Gasteiger partial charge in [0, 0.05) is 0 Å². The smallest absolute Gasteiger partial charge is 0.224 e. The second-order valence-electron chi connectivity index (χ2n) is 3.52. The number of hydrogen-bond donors (Lipinski definition) is 4. The minimum Gasteiger partial charge on any atom is -0.394 e. The molecule has 1 atom stereocenters. The summed E-state index contributed by atoms with van der Waals surface area (Å²) < 4.78 is 6.74. The van der Waals surface area contributed by atoms with E-state index in [1.807, 2.05) is 0 Å². The van der Waals surface area contributed by atoms with Gasteiger partial charge in [-0.25, -0.2) is 4.98 Å². The SMILES string of the molecule is Nc1nc(N)c2ncn([C@@H](CO)OCCO)c2n1. The Balaban J connectivity index is 2.43. The Morgan fingerprint density at radius 1 is 1.33 bits per heavy atom. The number of ether oxygens (including phenoxy) is 1. The lowest BCUT2D eigenvalue weighted by Gasteiger charge is -2.16. The van der Waals surface area contributed by atoms with Crippen LogP contribution in [0.1, 0.15) is 6.23 Å². The third kappa shape index (κ3) is 2.18. The first-order valence-corrected chi connectivity index (χ1v) is 5.26. The van der Waals surface area contributed by atoms with Crippen LogP contribution in [0.2, 0.25) is 0 Å². The van der Waals surface area contributed by atoms with Gasteiger partial charge in [-0.2, -0.15) is 9.97 Å². The van der Waals surface area contributed by atoms with E-state index in [2.05, 4.69) is 15.0 Å². The molecule has 9 heteroatoms. The fraction of sp³-hybridized carbons (Fsp3) is 0.444. The summed E-state index contributed by atoms with van der Waals surface area (Å²) in [5.74, 6) is 0.177. The van der Waals surface area contributed by atoms with Crippen LogP contribution in [0.15, 0.2) is 6.33 Å². The van der Waals surface area contributed by atoms with Crippen LogP contribution in [-0.2, 0) is 4.74 Å². The standard InChI is InChI=1S/C9H14N6O3/c10-7-6-8(14-9(11)13-7)15(4-12-6)5(3-17)18-2-1-16/h4-5,16-17H,1-3H2,(H4,10,11,13,14)/t5-/m1/s1. The Hall–Kier alpha value is -1.97. The molecule has 0 aliphatic carbocycles. The molecule has 2 heterocycles. The molecule has 6 N–H and O–H groups in total. The molecule has 0 aromatic carbocycles. The predicted molar refractivity (Wildman–Crippen MR) is 63.3 cm³/mol. The molecule has 0 amide bonds. The van der Waals surface area contributed by atoms with Crippen molar-refractivity contribution in [1.29, 1.82) is 0 Å². The Labute approximate surface area is 102 Å². The van der Waals surface area contributed by atoms with E-state index >= 15 is 0 Å². The zero-order valence-corrected chi connectivity index (χ0v) is 9.52. The van der Waals surface area contributed by atoms with Crippen LogP contribution >= 0.6 is 0 Å². The highest BCUT2D eigenvalue weighted by atomic mass is 16.5. The Morgan fingerprint density at radius 2 is 2.11 bits per heavy atom. The molecule has 2 aromatic heterocycles. The van der Waals surface area contributed by atoms with Crippen molar-refractivity contribution in [2.24, 2.45) is 0 Å². The molecule has 0 bridgehead atoms. The molecule has 9 nitrogen and oxygen atoms in total. The van der Waals surface area contributed by atoms with Gasteiger partial charge in [-0.1, -0.05) is 0 Å². The number of nitrogens with two attached hydrogens (primary N) is 2. The van der Waals surface area contributed by atoms with Crippen LogP contribution in [-0.4, -0.2) is 49.6 Å². The zero-order chi connectivity index (χ0) is 13.1. The largest absolute Gasteiger partial charge is 0.394 e. The normalized spacial score (nSPS) is 13.0. The highest BCUT2D eigenvalue weighted by Gasteiger charge is 2.17. The van der Waals surface area contributed by atoms with Crippen LogP contribution in [0.25, 0.3) is 11.2 Å². The van der Waals surface area contributed by atoms with E-state index in [4.69, 9.17) is 21.3 Å². The first kappa shape index (κ1) is 12.5. The Kier molecular flexibility index (Phi) is 3.55. The lowest BCUT2D eigenvalue weighted by atomic mass is 10.5. The molecule has 18 heavy (non-hydrogen) atoms. The number of aliphatic hydroxyl groups is 2. The number of hydrogen-bond acceptors (Lipinski definition) is 8. The van der Waals surface area contributed by atoms with E-state index in [0.717, 1.165) is 0 Å². The summed E-state index contributed by atoms with van der Waals surface area (Å²) in [5.41, 5.74) is 11.9. The number of aromatic nitrogens is 4. The van der Waals surface area contributed by atoms with Crippen molar-refractivity contribution in [2.75, 3.05) is 31.3 Å². The summed E-state index contributed by atoms with van der Waals surface area (Å²) in [6, 6.07) is 0. The molecular formula is C9H14N6O3. The van der Waals surface area contributed by atoms with Crippen LogP contribution in [0, 0.1) is 0 Å². The molecule has 0 radical (unpaired) electrons. The van der Waals surface area contributed by atoms with Crippen molar-refractivity contribution >= 4 is 22.9 Å². The molecule has 0 saturated heterocycles. The van der Waals surface area contributed by atoms with Crippen LogP contribution in [0.3, 0.4) is 0 Å². The first-order chi connectivity index (χ1) is 8.67. The molecule has 0 unspecified atom stereocenters. The van der Waals surface area contributed by atoms with Gasteiger partial charge in [-0.15, -0.1) is 0 Å². The second-order valence-corrected chi connectivity index (χ2v) is 3.52. The van der Waals surface area contributed by atoms with Gasteiger partial charge in [0.05, 0.1) is 26.1 Å². The molecule has 0 aliphatic heterocycles. The highest BCUT2D eigenvalue weighted by molar-refractivity contribution is 5.82. The van der Waals surface area contributed by atoms with E-state index in [1.54, 1.807) is 0 Å². The van der Waals surface area contributed by atoms with Gasteiger partial charge in [0.1, 0.15) is 5.52 Å². The summed E-state index contributed by atoms with van der Waals surface area (Å²) in [4.78, 5) is 11.8. The summed E-state index contributed by atoms with van der Waals surface area (Å²) in [6.45, 7) is -0.362. The van der Waals surface area contributed by atoms with Crippen LogP contribution in [0.4, 0.5) is 11.8 Å². The van der Waals surface area contributed by atoms with Crippen LogP contribution < -0.4 is 11.5 Å². The maximum atomic E-state index is 9.26. The van der Waals surface area contributed by atoms with Crippen molar-refractivity contribution in [3.63, 3.8) is 0 Å². The second kappa shape index (κ2) is 5.12. The number of rotatable bonds is 5. The fourth-order valence-corrected chi connectivity index (χ4v) is 1.58. The van der Waals surface area contributed by atoms with E-state index < -0.39 is 6.23 Å². The molecule has 2 aromatic rings. The van der Waals surface area contributed by atoms with E-state index in [0.29, 0.717) is 11.2 Å². The summed E-state index contributed by atoms with van der Waals surface area (Å²) in [7, 11) is 0. The van der Waals surface area contributed by atoms with Crippen molar-refractivity contribution in [1.82, 2.24) is 19.5 Å². The molecule has 98 valence electrons. The van der Waals surface area contributed by atoms with Crippen molar-refractivity contribution in [3.05, 3.63) is 6.33 Å². The molecular weight excluding hydrogens is 240 g/mol. The third-order valence-electron chi connectivity index (χ3n) is 2.33. The summed E-state index contributed by atoms with van der Waals surface area (Å²) in [6.07, 6.45) is 0.712. The average molecular weight is 254 g/mol. The summed E-state index contributed by atoms with van der Waals surface area (Å²) >= 11 is 0. The van der Waals surface area contributed by atoms with Gasteiger partial charge in [0.25, 0.3) is 0 Å². The highest BCUT2D eigenvalue weighted by Crippen LogP contribution is 2.20. The van der Waals surface area contributed by atoms with Crippen molar-refractivity contribution < 1.29 is 14.9 Å². The van der Waals surface area contributed by atoms with Crippen molar-refractivity contribution in [2.45, 2.75) is 6.23 Å². The number of fused-ring (bicyclic) bond motifs is 1. The zero-order valence-electron chi connectivity index (χ0n) is 9.52. The topological polar surface area (TPSA) is 145 Å². The average Bonchev–Trinajstić information content (AvgIpc) is 2.74. The molecule has 0 spiro atoms. The number of anilines is 2. The number of aliphatic hydroxyl groups excluding tert-OH is 2. The van der Waals surface area contributed by atoms with Crippen LogP contribution in [0.5, 0.6) is 0 Å². The van der Waals surface area contributed by atoms with E-state index in [1.165, 1.54) is 10.9 Å². The predicted octanol–water partition coefficient (Wildman–Crippen LogP) is -1.51. The van der Waals surface area contributed by atoms with Gasteiger partial charge in [-0.3, -0.25) is 4.57 Å². The molecule has 0 fully saturated rings. The van der Waals surface area contributed by atoms with E-state index in [-0.39, 0.29) is 31.6 Å². The van der Waals surface area contributed by atoms with Gasteiger partial charge in [0.2, 0.25) is 5.95 Å². The third-order valence-corrected chi connectivity index (χ3v) is 2.33. The minimum absolute atomic E-state index is 0.0144. The maximum absolute atomic E-state index is 9.26. The van der Waals surface area contributed by atoms with E-state index in [9.17, 15) is 5.11 Å². The lowest BCUT2D eigenvalue weighted by molar-refractivity contribution is -0.0444. The quantitative estimate of drug-likeness (QED) is 0.503. The number of nitrogen functional groups attached to an aromatic ring is 2. The number of imidazole rings is 1. The fourth-order valence-electron chi connectivity index (χ4n) is 1.58. The minimum atomic E-state index is -0.712. The first-order valence-electron chi connectivity index (χ1n) is 5.26. The summed E-state index contributed by atoms with van der Waals surface area (Å²) in [5, 5.41) is 18.0. The van der Waals surface area contributed by atoms with Gasteiger partial charge in [-0.05, 0) is 0 Å². The molecule has 0 saturated carbocycles. The number of nitrogens with zero attached hydrogens (tertiary/aromatic N) is 4.